The monoisotopic (exact) mass is 367 g/mol. The number of hydrogen-bond acceptors (Lipinski definition) is 5. The number of ether oxygens (including phenoxy) is 1. The molecule has 2 aromatic carbocycles. The van der Waals surface area contributed by atoms with Crippen LogP contribution in [-0.2, 0) is 6.61 Å². The second kappa shape index (κ2) is 7.85. The van der Waals surface area contributed by atoms with Crippen molar-refractivity contribution in [2.75, 3.05) is 6.26 Å². The lowest BCUT2D eigenvalue weighted by Gasteiger charge is -2.09. The molecule has 0 aliphatic heterocycles. The van der Waals surface area contributed by atoms with Crippen molar-refractivity contribution in [2.45, 2.75) is 11.8 Å². The highest BCUT2D eigenvalue weighted by molar-refractivity contribution is 7.98. The van der Waals surface area contributed by atoms with E-state index in [1.165, 1.54) is 17.8 Å². The Morgan fingerprint density at radius 3 is 2.81 bits per heavy atom. The van der Waals surface area contributed by atoms with Gasteiger partial charge in [0.05, 0.1) is 5.69 Å². The molecule has 0 bridgehead atoms. The molecule has 7 heteroatoms. The Balaban J connectivity index is 1.93. The Bertz CT molecular complexity index is 1040. The topological polar surface area (TPSA) is 78.8 Å². The van der Waals surface area contributed by atoms with Crippen LogP contribution in [0.15, 0.2) is 58.5 Å². The van der Waals surface area contributed by atoms with Gasteiger partial charge in [-0.2, -0.15) is 5.26 Å². The summed E-state index contributed by atoms with van der Waals surface area (Å²) in [4.78, 5) is 19.0. The van der Waals surface area contributed by atoms with Crippen LogP contribution in [0.25, 0.3) is 11.3 Å². The Kier molecular flexibility index (Phi) is 5.34. The van der Waals surface area contributed by atoms with E-state index < -0.39 is 11.4 Å². The largest absolute Gasteiger partial charge is 0.486 e. The highest BCUT2D eigenvalue weighted by Crippen LogP contribution is 2.23. The van der Waals surface area contributed by atoms with Crippen molar-refractivity contribution in [3.63, 3.8) is 0 Å². The fourth-order valence-electron chi connectivity index (χ4n) is 2.39. The van der Waals surface area contributed by atoms with Crippen LogP contribution in [-0.4, -0.2) is 16.2 Å². The van der Waals surface area contributed by atoms with Crippen molar-refractivity contribution in [3.8, 4) is 23.1 Å². The third kappa shape index (κ3) is 3.76. The minimum atomic E-state index is -0.477. The molecule has 1 N–H and O–H groups in total. The first-order valence-electron chi connectivity index (χ1n) is 7.67. The first-order valence-corrected chi connectivity index (χ1v) is 8.90. The molecule has 0 saturated heterocycles. The van der Waals surface area contributed by atoms with E-state index in [-0.39, 0.29) is 17.9 Å². The van der Waals surface area contributed by atoms with Gasteiger partial charge in [0.1, 0.15) is 18.2 Å². The third-order valence-corrected chi connectivity index (χ3v) is 4.21. The molecule has 3 rings (SSSR count). The molecule has 0 aliphatic rings. The Labute approximate surface area is 153 Å². The van der Waals surface area contributed by atoms with Crippen LogP contribution in [0.3, 0.4) is 0 Å². The van der Waals surface area contributed by atoms with Gasteiger partial charge in [-0.1, -0.05) is 42.1 Å². The molecule has 0 spiro atoms. The van der Waals surface area contributed by atoms with Crippen molar-refractivity contribution < 1.29 is 9.13 Å². The molecular formula is C19H14FN3O2S. The summed E-state index contributed by atoms with van der Waals surface area (Å²) in [6.07, 6.45) is 1.78. The van der Waals surface area contributed by atoms with Gasteiger partial charge in [0.25, 0.3) is 5.56 Å². The van der Waals surface area contributed by atoms with Crippen molar-refractivity contribution in [2.24, 2.45) is 0 Å². The maximum absolute atomic E-state index is 13.7. The quantitative estimate of drug-likeness (QED) is 0.549. The van der Waals surface area contributed by atoms with E-state index in [0.29, 0.717) is 16.4 Å². The number of H-pyrrole nitrogens is 1. The summed E-state index contributed by atoms with van der Waals surface area (Å²) < 4.78 is 19.2. The highest BCUT2D eigenvalue weighted by Gasteiger charge is 2.13. The zero-order valence-corrected chi connectivity index (χ0v) is 14.6. The number of rotatable bonds is 5. The van der Waals surface area contributed by atoms with Crippen LogP contribution < -0.4 is 10.3 Å². The third-order valence-electron chi connectivity index (χ3n) is 3.63. The zero-order chi connectivity index (χ0) is 18.5. The molecule has 5 nitrogen and oxygen atoms in total. The molecule has 1 heterocycles. The molecule has 0 fully saturated rings. The molecule has 0 saturated carbocycles. The molecule has 130 valence electrons. The predicted molar refractivity (Wildman–Crippen MR) is 97.5 cm³/mol. The van der Waals surface area contributed by atoms with E-state index in [1.54, 1.807) is 42.7 Å². The second-order valence-electron chi connectivity index (χ2n) is 5.33. The van der Waals surface area contributed by atoms with Gasteiger partial charge in [-0.3, -0.25) is 4.79 Å². The normalized spacial score (nSPS) is 10.3. The van der Waals surface area contributed by atoms with Crippen LogP contribution in [0, 0.1) is 17.1 Å². The van der Waals surface area contributed by atoms with E-state index >= 15 is 0 Å². The van der Waals surface area contributed by atoms with Crippen LogP contribution in [0.5, 0.6) is 5.75 Å². The number of benzene rings is 2. The standard InChI is InChI=1S/C19H14FN3O2S/c1-26-19-22-17(14(10-21)18(24)23-19)13-6-4-5-12(9-13)11-25-16-8-3-2-7-15(16)20/h2-9H,11H2,1H3,(H,22,23,24). The lowest BCUT2D eigenvalue weighted by Crippen LogP contribution is -2.14. The number of aromatic amines is 1. The summed E-state index contributed by atoms with van der Waals surface area (Å²) in [5, 5.41) is 9.72. The van der Waals surface area contributed by atoms with E-state index in [1.807, 2.05) is 12.1 Å². The molecule has 1 aromatic heterocycles. The van der Waals surface area contributed by atoms with E-state index in [4.69, 9.17) is 4.74 Å². The fourth-order valence-corrected chi connectivity index (χ4v) is 2.77. The lowest BCUT2D eigenvalue weighted by molar-refractivity contribution is 0.290. The Morgan fingerprint density at radius 1 is 1.27 bits per heavy atom. The van der Waals surface area contributed by atoms with Gasteiger partial charge in [0, 0.05) is 5.56 Å². The molecular weight excluding hydrogens is 353 g/mol. The van der Waals surface area contributed by atoms with Gasteiger partial charge in [-0.25, -0.2) is 9.37 Å². The number of nitrogens with one attached hydrogen (secondary N) is 1. The van der Waals surface area contributed by atoms with Gasteiger partial charge in [-0.15, -0.1) is 0 Å². The number of thioether (sulfide) groups is 1. The molecule has 0 atom stereocenters. The average Bonchev–Trinajstić information content (AvgIpc) is 2.67. The van der Waals surface area contributed by atoms with Crippen LogP contribution in [0.1, 0.15) is 11.1 Å². The number of hydrogen-bond donors (Lipinski definition) is 1. The number of aromatic nitrogens is 2. The maximum atomic E-state index is 13.7. The minimum Gasteiger partial charge on any atom is -0.486 e. The number of para-hydroxylation sites is 1. The summed E-state index contributed by atoms with van der Waals surface area (Å²) in [6.45, 7) is 0.148. The first kappa shape index (κ1) is 17.7. The Morgan fingerprint density at radius 2 is 2.08 bits per heavy atom. The summed E-state index contributed by atoms with van der Waals surface area (Å²) in [6, 6.07) is 15.2. The number of halogens is 1. The van der Waals surface area contributed by atoms with E-state index in [2.05, 4.69) is 9.97 Å². The summed E-state index contributed by atoms with van der Waals surface area (Å²) in [5.41, 5.74) is 1.18. The van der Waals surface area contributed by atoms with Crippen molar-refractivity contribution in [3.05, 3.63) is 75.8 Å². The molecule has 0 radical (unpaired) electrons. The second-order valence-corrected chi connectivity index (χ2v) is 6.13. The van der Waals surface area contributed by atoms with E-state index in [9.17, 15) is 14.4 Å². The zero-order valence-electron chi connectivity index (χ0n) is 13.8. The van der Waals surface area contributed by atoms with Gasteiger partial charge < -0.3 is 9.72 Å². The molecule has 0 amide bonds. The van der Waals surface area contributed by atoms with E-state index in [0.717, 1.165) is 5.56 Å². The average molecular weight is 367 g/mol. The molecule has 26 heavy (non-hydrogen) atoms. The maximum Gasteiger partial charge on any atom is 0.270 e. The Hall–Kier alpha value is -3.11. The van der Waals surface area contributed by atoms with Crippen molar-refractivity contribution in [1.82, 2.24) is 9.97 Å². The number of nitriles is 1. The van der Waals surface area contributed by atoms with Crippen LogP contribution in [0.2, 0.25) is 0 Å². The summed E-state index contributed by atoms with van der Waals surface area (Å²) in [5.74, 6) is -0.272. The predicted octanol–water partition coefficient (Wildman–Crippen LogP) is 3.75. The molecule has 3 aromatic rings. The number of nitrogens with zero attached hydrogens (tertiary/aromatic N) is 2. The highest BCUT2D eigenvalue weighted by atomic mass is 32.2. The lowest BCUT2D eigenvalue weighted by atomic mass is 10.1. The SMILES string of the molecule is CSc1nc(-c2cccc(COc3ccccc3F)c2)c(C#N)c(=O)[nH]1. The summed E-state index contributed by atoms with van der Waals surface area (Å²) >= 11 is 1.28. The van der Waals surface area contributed by atoms with Crippen LogP contribution >= 0.6 is 11.8 Å². The van der Waals surface area contributed by atoms with Gasteiger partial charge in [0.2, 0.25) is 0 Å². The molecule has 0 unspecified atom stereocenters. The van der Waals surface area contributed by atoms with Gasteiger partial charge in [0.15, 0.2) is 16.7 Å². The minimum absolute atomic E-state index is 0.0463. The fraction of sp³-hybridized carbons (Fsp3) is 0.105. The van der Waals surface area contributed by atoms with Crippen molar-refractivity contribution in [1.29, 1.82) is 5.26 Å². The summed E-state index contributed by atoms with van der Waals surface area (Å²) in [7, 11) is 0. The smallest absolute Gasteiger partial charge is 0.270 e. The van der Waals surface area contributed by atoms with Gasteiger partial charge >= 0.3 is 0 Å². The van der Waals surface area contributed by atoms with Gasteiger partial charge in [-0.05, 0) is 30.0 Å². The van der Waals surface area contributed by atoms with Crippen LogP contribution in [0.4, 0.5) is 4.39 Å². The molecule has 0 aliphatic carbocycles. The first-order chi connectivity index (χ1) is 12.6. The van der Waals surface area contributed by atoms with Crippen molar-refractivity contribution >= 4 is 11.8 Å².